The normalized spacial score (nSPS) is 18.8. The monoisotopic (exact) mass is 347 g/mol. The van der Waals surface area contributed by atoms with Crippen LogP contribution in [-0.4, -0.2) is 29.7 Å². The molecule has 4 nitrogen and oxygen atoms in total. The quantitative estimate of drug-likeness (QED) is 0.834. The van der Waals surface area contributed by atoms with E-state index >= 15 is 0 Å². The van der Waals surface area contributed by atoms with Gasteiger partial charge in [0.25, 0.3) is 0 Å². The zero-order valence-electron chi connectivity index (χ0n) is 12.2. The first-order chi connectivity index (χ1) is 10.1. The molecule has 1 aliphatic heterocycles. The van der Waals surface area contributed by atoms with Crippen molar-refractivity contribution in [3.05, 3.63) is 51.9 Å². The summed E-state index contributed by atoms with van der Waals surface area (Å²) in [6, 6.07) is 8.29. The summed E-state index contributed by atoms with van der Waals surface area (Å²) in [4.78, 5) is 11.3. The van der Waals surface area contributed by atoms with Crippen molar-refractivity contribution in [2.75, 3.05) is 24.6 Å². The topological polar surface area (TPSA) is 38.2 Å². The second-order valence-electron chi connectivity index (χ2n) is 5.28. The van der Waals surface area contributed by atoms with E-state index in [1.165, 1.54) is 5.56 Å². The summed E-state index contributed by atoms with van der Waals surface area (Å²) in [7, 11) is 0. The number of benzene rings is 1. The first kappa shape index (κ1) is 14.5. The molecule has 0 bridgehead atoms. The Morgan fingerprint density at radius 1 is 1.33 bits per heavy atom. The highest BCUT2D eigenvalue weighted by molar-refractivity contribution is 9.10. The van der Waals surface area contributed by atoms with E-state index in [4.69, 9.17) is 4.74 Å². The maximum Gasteiger partial charge on any atom is 0.150 e. The zero-order chi connectivity index (χ0) is 14.8. The number of hydrogen-bond donors (Lipinski definition) is 0. The largest absolute Gasteiger partial charge is 0.370 e. The van der Waals surface area contributed by atoms with Gasteiger partial charge in [-0.25, -0.2) is 4.98 Å². The average Bonchev–Trinajstić information content (AvgIpc) is 2.50. The third-order valence-electron chi connectivity index (χ3n) is 3.64. The van der Waals surface area contributed by atoms with Crippen LogP contribution in [0.25, 0.3) is 0 Å². The van der Waals surface area contributed by atoms with Gasteiger partial charge in [0.05, 0.1) is 18.0 Å². The minimum atomic E-state index is 0.0676. The molecule has 0 saturated carbocycles. The molecule has 1 aromatic carbocycles. The van der Waals surface area contributed by atoms with Gasteiger partial charge in [0, 0.05) is 23.8 Å². The van der Waals surface area contributed by atoms with Gasteiger partial charge in [-0.15, -0.1) is 0 Å². The molecule has 1 atom stereocenters. The van der Waals surface area contributed by atoms with Gasteiger partial charge in [-0.2, -0.15) is 0 Å². The van der Waals surface area contributed by atoms with Crippen molar-refractivity contribution in [1.82, 2.24) is 9.97 Å². The fourth-order valence-corrected chi connectivity index (χ4v) is 2.99. The maximum absolute atomic E-state index is 5.93. The molecule has 2 heterocycles. The molecule has 0 spiro atoms. The number of ether oxygens (including phenoxy) is 1. The van der Waals surface area contributed by atoms with Crippen LogP contribution in [0.4, 0.5) is 5.82 Å². The van der Waals surface area contributed by atoms with Gasteiger partial charge < -0.3 is 9.64 Å². The standard InChI is InChI=1S/C16H18BrN3O/c1-11-9-18-12(2)16(19-11)20-6-7-21-15(10-20)13-4-3-5-14(17)8-13/h3-5,8-9,15H,6-7,10H2,1-2H3. The summed E-state index contributed by atoms with van der Waals surface area (Å²) >= 11 is 3.52. The van der Waals surface area contributed by atoms with Gasteiger partial charge in [0.2, 0.25) is 0 Å². The van der Waals surface area contributed by atoms with Gasteiger partial charge >= 0.3 is 0 Å². The molecule has 0 radical (unpaired) electrons. The lowest BCUT2D eigenvalue weighted by atomic mass is 10.1. The first-order valence-corrected chi connectivity index (χ1v) is 7.85. The van der Waals surface area contributed by atoms with E-state index in [0.717, 1.165) is 34.8 Å². The first-order valence-electron chi connectivity index (χ1n) is 7.06. The SMILES string of the molecule is Cc1cnc(C)c(N2CCOC(c3cccc(Br)c3)C2)n1. The van der Waals surface area contributed by atoms with Gasteiger partial charge in [-0.3, -0.25) is 4.98 Å². The molecule has 1 unspecified atom stereocenters. The molecule has 0 amide bonds. The molecular formula is C16H18BrN3O. The van der Waals surface area contributed by atoms with E-state index in [2.05, 4.69) is 42.9 Å². The molecule has 1 aliphatic rings. The van der Waals surface area contributed by atoms with E-state index in [1.54, 1.807) is 0 Å². The molecule has 3 rings (SSSR count). The Kier molecular flexibility index (Phi) is 4.22. The number of anilines is 1. The van der Waals surface area contributed by atoms with Gasteiger partial charge in [0.1, 0.15) is 6.10 Å². The van der Waals surface area contributed by atoms with Crippen molar-refractivity contribution in [2.45, 2.75) is 20.0 Å². The fourth-order valence-electron chi connectivity index (χ4n) is 2.57. The Morgan fingerprint density at radius 2 is 2.19 bits per heavy atom. The van der Waals surface area contributed by atoms with Crippen molar-refractivity contribution in [2.24, 2.45) is 0 Å². The number of aryl methyl sites for hydroxylation is 2. The summed E-state index contributed by atoms with van der Waals surface area (Å²) in [5.41, 5.74) is 3.10. The maximum atomic E-state index is 5.93. The van der Waals surface area contributed by atoms with Crippen LogP contribution < -0.4 is 4.90 Å². The second-order valence-corrected chi connectivity index (χ2v) is 6.20. The molecule has 1 fully saturated rings. The van der Waals surface area contributed by atoms with E-state index in [9.17, 15) is 0 Å². The molecule has 1 saturated heterocycles. The Bertz CT molecular complexity index is 647. The van der Waals surface area contributed by atoms with Gasteiger partial charge in [-0.05, 0) is 31.5 Å². The fraction of sp³-hybridized carbons (Fsp3) is 0.375. The lowest BCUT2D eigenvalue weighted by Crippen LogP contribution is -2.39. The molecule has 0 aliphatic carbocycles. The molecule has 5 heteroatoms. The highest BCUT2D eigenvalue weighted by atomic mass is 79.9. The molecular weight excluding hydrogens is 330 g/mol. The summed E-state index contributed by atoms with van der Waals surface area (Å²) in [6.45, 7) is 6.33. The Balaban J connectivity index is 1.84. The number of halogens is 1. The number of hydrogen-bond acceptors (Lipinski definition) is 4. The second kappa shape index (κ2) is 6.12. The number of aromatic nitrogens is 2. The van der Waals surface area contributed by atoms with E-state index in [-0.39, 0.29) is 6.10 Å². The smallest absolute Gasteiger partial charge is 0.150 e. The number of rotatable bonds is 2. The summed E-state index contributed by atoms with van der Waals surface area (Å²) < 4.78 is 7.01. The van der Waals surface area contributed by atoms with E-state index < -0.39 is 0 Å². The van der Waals surface area contributed by atoms with Crippen molar-refractivity contribution < 1.29 is 4.74 Å². The Morgan fingerprint density at radius 3 is 3.00 bits per heavy atom. The van der Waals surface area contributed by atoms with Crippen molar-refractivity contribution >= 4 is 21.7 Å². The highest BCUT2D eigenvalue weighted by Gasteiger charge is 2.24. The lowest BCUT2D eigenvalue weighted by Gasteiger charge is -2.34. The van der Waals surface area contributed by atoms with E-state index in [1.807, 2.05) is 32.2 Å². The summed E-state index contributed by atoms with van der Waals surface area (Å²) in [5.74, 6) is 0.971. The molecule has 1 aromatic heterocycles. The van der Waals surface area contributed by atoms with Gasteiger partial charge in [-0.1, -0.05) is 28.1 Å². The summed E-state index contributed by atoms with van der Waals surface area (Å²) in [6.07, 6.45) is 1.88. The minimum Gasteiger partial charge on any atom is -0.370 e. The third kappa shape index (κ3) is 3.24. The number of nitrogens with zero attached hydrogens (tertiary/aromatic N) is 3. The van der Waals surface area contributed by atoms with Crippen LogP contribution in [0, 0.1) is 13.8 Å². The average molecular weight is 348 g/mol. The number of morpholine rings is 1. The third-order valence-corrected chi connectivity index (χ3v) is 4.13. The van der Waals surface area contributed by atoms with Crippen LogP contribution in [0.1, 0.15) is 23.1 Å². The van der Waals surface area contributed by atoms with E-state index in [0.29, 0.717) is 6.61 Å². The van der Waals surface area contributed by atoms with Crippen LogP contribution in [0.5, 0.6) is 0 Å². The molecule has 110 valence electrons. The van der Waals surface area contributed by atoms with Crippen molar-refractivity contribution in [3.63, 3.8) is 0 Å². The Hall–Kier alpha value is -1.46. The molecule has 2 aromatic rings. The predicted molar refractivity (Wildman–Crippen MR) is 86.6 cm³/mol. The molecule has 21 heavy (non-hydrogen) atoms. The van der Waals surface area contributed by atoms with Crippen molar-refractivity contribution in [3.8, 4) is 0 Å². The lowest BCUT2D eigenvalue weighted by molar-refractivity contribution is 0.0394. The molecule has 0 N–H and O–H groups in total. The van der Waals surface area contributed by atoms with Crippen LogP contribution in [0.3, 0.4) is 0 Å². The van der Waals surface area contributed by atoms with Crippen LogP contribution in [-0.2, 0) is 4.74 Å². The van der Waals surface area contributed by atoms with Gasteiger partial charge in [0.15, 0.2) is 5.82 Å². The predicted octanol–water partition coefficient (Wildman–Crippen LogP) is 3.43. The minimum absolute atomic E-state index is 0.0676. The van der Waals surface area contributed by atoms with Crippen molar-refractivity contribution in [1.29, 1.82) is 0 Å². The highest BCUT2D eigenvalue weighted by Crippen LogP contribution is 2.27. The van der Waals surface area contributed by atoms with Crippen LogP contribution >= 0.6 is 15.9 Å². The zero-order valence-corrected chi connectivity index (χ0v) is 13.8. The Labute approximate surface area is 133 Å². The summed E-state index contributed by atoms with van der Waals surface area (Å²) in [5, 5.41) is 0. The van der Waals surface area contributed by atoms with Crippen LogP contribution in [0.2, 0.25) is 0 Å². The van der Waals surface area contributed by atoms with Crippen LogP contribution in [0.15, 0.2) is 34.9 Å².